The molecule has 30 heavy (non-hydrogen) atoms. The van der Waals surface area contributed by atoms with E-state index in [0.717, 1.165) is 70.8 Å². The van der Waals surface area contributed by atoms with Crippen LogP contribution in [0.25, 0.3) is 0 Å². The summed E-state index contributed by atoms with van der Waals surface area (Å²) in [6.45, 7) is 6.95. The van der Waals surface area contributed by atoms with Crippen molar-refractivity contribution in [2.24, 2.45) is 5.92 Å². The minimum atomic E-state index is -0.0908. The van der Waals surface area contributed by atoms with Crippen molar-refractivity contribution >= 4 is 5.91 Å². The van der Waals surface area contributed by atoms with Crippen LogP contribution >= 0.6 is 0 Å². The van der Waals surface area contributed by atoms with Crippen molar-refractivity contribution in [2.75, 3.05) is 39.3 Å². The first kappa shape index (κ1) is 20.7. The van der Waals surface area contributed by atoms with Crippen LogP contribution in [0.1, 0.15) is 24.0 Å². The van der Waals surface area contributed by atoms with Crippen LogP contribution in [0.2, 0.25) is 0 Å². The molecule has 6 nitrogen and oxygen atoms in total. The molecule has 2 aliphatic rings. The zero-order chi connectivity index (χ0) is 20.9. The second kappa shape index (κ2) is 9.49. The predicted molar refractivity (Wildman–Crippen MR) is 116 cm³/mol. The molecule has 2 fully saturated rings. The largest absolute Gasteiger partial charge is 0.504 e. The molecule has 160 valence electrons. The molecule has 1 amide bonds. The maximum Gasteiger partial charge on any atom is 0.225 e. The van der Waals surface area contributed by atoms with E-state index in [2.05, 4.69) is 39.0 Å². The number of carbonyl (C=O) groups is 1. The molecule has 0 aromatic heterocycles. The van der Waals surface area contributed by atoms with Crippen LogP contribution in [0.15, 0.2) is 48.5 Å². The lowest BCUT2D eigenvalue weighted by molar-refractivity contribution is -0.139. The third-order valence-corrected chi connectivity index (χ3v) is 6.32. The average molecular weight is 410 g/mol. The highest BCUT2D eigenvalue weighted by atomic mass is 16.3. The summed E-state index contributed by atoms with van der Waals surface area (Å²) < 4.78 is 0. The Morgan fingerprint density at radius 2 is 1.40 bits per heavy atom. The molecule has 2 aromatic carbocycles. The van der Waals surface area contributed by atoms with Gasteiger partial charge in [-0.25, -0.2) is 0 Å². The van der Waals surface area contributed by atoms with Crippen molar-refractivity contribution in [1.29, 1.82) is 0 Å². The van der Waals surface area contributed by atoms with Crippen LogP contribution < -0.4 is 0 Å². The van der Waals surface area contributed by atoms with Gasteiger partial charge in [-0.3, -0.25) is 14.6 Å². The number of carbonyl (C=O) groups excluding carboxylic acids is 1. The van der Waals surface area contributed by atoms with Crippen molar-refractivity contribution in [3.05, 3.63) is 59.7 Å². The Labute approximate surface area is 178 Å². The van der Waals surface area contributed by atoms with E-state index < -0.39 is 0 Å². The first-order chi connectivity index (χ1) is 14.6. The first-order valence-corrected chi connectivity index (χ1v) is 10.9. The topological polar surface area (TPSA) is 67.2 Å². The summed E-state index contributed by atoms with van der Waals surface area (Å²) >= 11 is 0. The molecule has 4 rings (SSSR count). The number of hydrogen-bond acceptors (Lipinski definition) is 5. The maximum atomic E-state index is 13.0. The molecule has 0 spiro atoms. The number of likely N-dealkylation sites (tertiary alicyclic amines) is 1. The van der Waals surface area contributed by atoms with Crippen LogP contribution in [0.3, 0.4) is 0 Å². The molecule has 2 aromatic rings. The molecule has 2 heterocycles. The van der Waals surface area contributed by atoms with Crippen LogP contribution in [-0.4, -0.2) is 70.1 Å². The summed E-state index contributed by atoms with van der Waals surface area (Å²) in [5.41, 5.74) is 2.30. The molecule has 0 bridgehead atoms. The Morgan fingerprint density at radius 1 is 0.767 bits per heavy atom. The SMILES string of the molecule is O=C(C1CCN(Cc2ccc(O)c(O)c2)CC1)N1CCN(Cc2ccccc2)CC1. The average Bonchev–Trinajstić information content (AvgIpc) is 2.78. The van der Waals surface area contributed by atoms with E-state index in [1.54, 1.807) is 6.07 Å². The Hall–Kier alpha value is -2.57. The summed E-state index contributed by atoms with van der Waals surface area (Å²) in [6.07, 6.45) is 1.76. The van der Waals surface area contributed by atoms with Crippen molar-refractivity contribution < 1.29 is 15.0 Å². The Kier molecular flexibility index (Phi) is 6.55. The van der Waals surface area contributed by atoms with Gasteiger partial charge >= 0.3 is 0 Å². The molecule has 0 atom stereocenters. The molecule has 2 saturated heterocycles. The van der Waals surface area contributed by atoms with Crippen LogP contribution in [0.4, 0.5) is 0 Å². The normalized spacial score (nSPS) is 19.1. The van der Waals surface area contributed by atoms with Crippen LogP contribution in [-0.2, 0) is 17.9 Å². The summed E-state index contributed by atoms with van der Waals surface area (Å²) in [7, 11) is 0. The highest BCUT2D eigenvalue weighted by molar-refractivity contribution is 5.79. The summed E-state index contributed by atoms with van der Waals surface area (Å²) in [4.78, 5) is 19.8. The van der Waals surface area contributed by atoms with Gasteiger partial charge in [-0.2, -0.15) is 0 Å². The van der Waals surface area contributed by atoms with E-state index in [1.807, 2.05) is 12.1 Å². The number of aromatic hydroxyl groups is 2. The van der Waals surface area contributed by atoms with Crippen molar-refractivity contribution in [3.8, 4) is 11.5 Å². The van der Waals surface area contributed by atoms with Gasteiger partial charge in [0.25, 0.3) is 0 Å². The monoisotopic (exact) mass is 409 g/mol. The van der Waals surface area contributed by atoms with Gasteiger partial charge in [0.15, 0.2) is 11.5 Å². The highest BCUT2D eigenvalue weighted by Crippen LogP contribution is 2.27. The van der Waals surface area contributed by atoms with Crippen molar-refractivity contribution in [1.82, 2.24) is 14.7 Å². The van der Waals surface area contributed by atoms with Gasteiger partial charge in [0, 0.05) is 45.2 Å². The second-order valence-corrected chi connectivity index (χ2v) is 8.46. The molecule has 0 unspecified atom stereocenters. The number of piperazine rings is 1. The van der Waals surface area contributed by atoms with Gasteiger partial charge in [0.1, 0.15) is 0 Å². The van der Waals surface area contributed by atoms with E-state index >= 15 is 0 Å². The van der Waals surface area contributed by atoms with Gasteiger partial charge in [-0.1, -0.05) is 36.4 Å². The highest BCUT2D eigenvalue weighted by Gasteiger charge is 2.30. The number of hydrogen-bond donors (Lipinski definition) is 2. The number of piperidine rings is 1. The minimum Gasteiger partial charge on any atom is -0.504 e. The standard InChI is InChI=1S/C24H31N3O3/c28-22-7-6-20(16-23(22)29)18-25-10-8-21(9-11-25)24(30)27-14-12-26(13-15-27)17-19-4-2-1-3-5-19/h1-7,16,21,28-29H,8-15,17-18H2. The zero-order valence-corrected chi connectivity index (χ0v) is 17.4. The van der Waals surface area contributed by atoms with E-state index in [-0.39, 0.29) is 17.4 Å². The van der Waals surface area contributed by atoms with Crippen LogP contribution in [0.5, 0.6) is 11.5 Å². The molecule has 0 saturated carbocycles. The van der Waals surface area contributed by atoms with Crippen LogP contribution in [0, 0.1) is 5.92 Å². The van der Waals surface area contributed by atoms with Crippen molar-refractivity contribution in [2.45, 2.75) is 25.9 Å². The third-order valence-electron chi connectivity index (χ3n) is 6.32. The quantitative estimate of drug-likeness (QED) is 0.744. The lowest BCUT2D eigenvalue weighted by atomic mass is 9.94. The lowest BCUT2D eigenvalue weighted by Gasteiger charge is -2.38. The minimum absolute atomic E-state index is 0.0797. The number of nitrogens with zero attached hydrogens (tertiary/aromatic N) is 3. The Balaban J connectivity index is 1.21. The zero-order valence-electron chi connectivity index (χ0n) is 17.4. The van der Waals surface area contributed by atoms with E-state index in [9.17, 15) is 15.0 Å². The van der Waals surface area contributed by atoms with Gasteiger partial charge in [0.05, 0.1) is 0 Å². The van der Waals surface area contributed by atoms with E-state index in [0.29, 0.717) is 5.91 Å². The van der Waals surface area contributed by atoms with E-state index in [4.69, 9.17) is 0 Å². The molecule has 0 aliphatic carbocycles. The summed E-state index contributed by atoms with van der Waals surface area (Å²) in [6, 6.07) is 15.5. The van der Waals surface area contributed by atoms with Gasteiger partial charge in [-0.05, 0) is 49.2 Å². The smallest absolute Gasteiger partial charge is 0.225 e. The molecule has 0 radical (unpaired) electrons. The Bertz CT molecular complexity index is 842. The number of amides is 1. The summed E-state index contributed by atoms with van der Waals surface area (Å²) in [5, 5.41) is 19.1. The van der Waals surface area contributed by atoms with Gasteiger partial charge in [-0.15, -0.1) is 0 Å². The van der Waals surface area contributed by atoms with E-state index in [1.165, 1.54) is 11.6 Å². The van der Waals surface area contributed by atoms with Gasteiger partial charge < -0.3 is 15.1 Å². The number of benzene rings is 2. The molecular weight excluding hydrogens is 378 g/mol. The fourth-order valence-corrected chi connectivity index (χ4v) is 4.49. The fraction of sp³-hybridized carbons (Fsp3) is 0.458. The molecule has 2 N–H and O–H groups in total. The molecular formula is C24H31N3O3. The predicted octanol–water partition coefficient (Wildman–Crippen LogP) is 2.65. The van der Waals surface area contributed by atoms with Crippen molar-refractivity contribution in [3.63, 3.8) is 0 Å². The fourth-order valence-electron chi connectivity index (χ4n) is 4.49. The second-order valence-electron chi connectivity index (χ2n) is 8.46. The van der Waals surface area contributed by atoms with Gasteiger partial charge in [0.2, 0.25) is 5.91 Å². The number of phenolic OH excluding ortho intramolecular Hbond substituents is 2. The Morgan fingerprint density at radius 3 is 2.07 bits per heavy atom. The first-order valence-electron chi connectivity index (χ1n) is 10.9. The third kappa shape index (κ3) is 5.12. The molecule has 2 aliphatic heterocycles. The lowest BCUT2D eigenvalue weighted by Crippen LogP contribution is -2.51. The number of rotatable bonds is 5. The molecule has 6 heteroatoms. The number of phenols is 2. The maximum absolute atomic E-state index is 13.0. The summed E-state index contributed by atoms with van der Waals surface area (Å²) in [5.74, 6) is 0.266.